The van der Waals surface area contributed by atoms with Crippen molar-refractivity contribution in [2.75, 3.05) is 25.1 Å². The van der Waals surface area contributed by atoms with Gasteiger partial charge in [0.2, 0.25) is 5.91 Å². The van der Waals surface area contributed by atoms with E-state index < -0.39 is 5.97 Å². The van der Waals surface area contributed by atoms with Crippen molar-refractivity contribution in [3.8, 4) is 11.5 Å². The highest BCUT2D eigenvalue weighted by Gasteiger charge is 2.09. The van der Waals surface area contributed by atoms with Crippen molar-refractivity contribution in [1.29, 1.82) is 0 Å². The minimum Gasteiger partial charge on any atom is -0.490 e. The second-order valence-corrected chi connectivity index (χ2v) is 6.67. The van der Waals surface area contributed by atoms with Gasteiger partial charge in [0.15, 0.2) is 5.11 Å². The quantitative estimate of drug-likeness (QED) is 0.319. The molecule has 30 heavy (non-hydrogen) atoms. The molecule has 2 aromatic carbocycles. The van der Waals surface area contributed by atoms with Gasteiger partial charge in [0.25, 0.3) is 0 Å². The average molecular weight is 431 g/mol. The molecule has 8 heteroatoms. The normalized spacial score (nSPS) is 10.0. The molecule has 1 amide bonds. The molecule has 0 bridgehead atoms. The zero-order valence-corrected chi connectivity index (χ0v) is 17.7. The van der Waals surface area contributed by atoms with Crippen LogP contribution in [-0.2, 0) is 14.3 Å². The number of nitrogens with one attached hydrogen (secondary N) is 2. The lowest BCUT2D eigenvalue weighted by molar-refractivity contribution is -0.144. The molecule has 0 fully saturated rings. The van der Waals surface area contributed by atoms with E-state index in [0.717, 1.165) is 12.2 Å². The molecule has 160 valence electrons. The fourth-order valence-electron chi connectivity index (χ4n) is 2.33. The topological polar surface area (TPSA) is 85.9 Å². The average Bonchev–Trinajstić information content (AvgIpc) is 2.75. The van der Waals surface area contributed by atoms with Gasteiger partial charge >= 0.3 is 5.97 Å². The molecule has 0 saturated heterocycles. The lowest BCUT2D eigenvalue weighted by Crippen LogP contribution is -2.34. The van der Waals surface area contributed by atoms with Crippen LogP contribution >= 0.6 is 12.2 Å². The van der Waals surface area contributed by atoms with Crippen LogP contribution in [0.1, 0.15) is 26.2 Å². The van der Waals surface area contributed by atoms with Crippen LogP contribution < -0.4 is 20.1 Å². The smallest absolute Gasteiger partial charge is 0.306 e. The molecule has 0 aliphatic heterocycles. The highest BCUT2D eigenvalue weighted by Crippen LogP contribution is 2.16. The number of carbonyl (C=O) groups excluding carboxylic acids is 2. The van der Waals surface area contributed by atoms with Crippen LogP contribution in [0.2, 0.25) is 0 Å². The van der Waals surface area contributed by atoms with E-state index in [0.29, 0.717) is 31.3 Å². The molecular formula is C22H26N2O5S. The summed E-state index contributed by atoms with van der Waals surface area (Å²) >= 11 is 5.12. The number of rotatable bonds is 11. The van der Waals surface area contributed by atoms with E-state index in [1.54, 1.807) is 24.3 Å². The molecule has 2 N–H and O–H groups in total. The first-order valence-electron chi connectivity index (χ1n) is 9.74. The van der Waals surface area contributed by atoms with Crippen LogP contribution in [0.3, 0.4) is 0 Å². The first-order chi connectivity index (χ1) is 14.6. The minimum absolute atomic E-state index is 0.0161. The summed E-state index contributed by atoms with van der Waals surface area (Å²) in [5, 5.41) is 5.61. The fourth-order valence-corrected chi connectivity index (χ4v) is 2.56. The van der Waals surface area contributed by atoms with Gasteiger partial charge in [-0.05, 0) is 55.0 Å². The molecule has 0 aliphatic rings. The summed E-state index contributed by atoms with van der Waals surface area (Å²) in [5.41, 5.74) is 0.704. The zero-order chi connectivity index (χ0) is 21.6. The van der Waals surface area contributed by atoms with E-state index in [1.165, 1.54) is 0 Å². The maximum Gasteiger partial charge on any atom is 0.306 e. The standard InChI is InChI=1S/C22H26N2O5S/c1-2-14-29-21(26)13-12-20(25)24-22(30)23-17-8-10-19(11-9-17)28-16-15-27-18-6-4-3-5-7-18/h3-11H,2,12-16H2,1H3,(H2,23,24,25,30). The SMILES string of the molecule is CCCOC(=O)CCC(=O)NC(=S)Nc1ccc(OCCOc2ccccc2)cc1. The van der Waals surface area contributed by atoms with Gasteiger partial charge in [0, 0.05) is 12.1 Å². The van der Waals surface area contributed by atoms with Gasteiger partial charge in [-0.1, -0.05) is 25.1 Å². The van der Waals surface area contributed by atoms with Crippen LogP contribution in [0.25, 0.3) is 0 Å². The van der Waals surface area contributed by atoms with Crippen molar-refractivity contribution < 1.29 is 23.8 Å². The Bertz CT molecular complexity index is 812. The Hall–Kier alpha value is -3.13. The third-order valence-electron chi connectivity index (χ3n) is 3.75. The summed E-state index contributed by atoms with van der Waals surface area (Å²) in [5.74, 6) is 0.752. The van der Waals surface area contributed by atoms with Crippen LogP contribution in [0.4, 0.5) is 5.69 Å². The van der Waals surface area contributed by atoms with Crippen LogP contribution in [0.15, 0.2) is 54.6 Å². The largest absolute Gasteiger partial charge is 0.490 e. The van der Waals surface area contributed by atoms with Crippen molar-refractivity contribution in [3.05, 3.63) is 54.6 Å². The Morgan fingerprint density at radius 2 is 1.50 bits per heavy atom. The van der Waals surface area contributed by atoms with E-state index in [4.69, 9.17) is 26.4 Å². The number of amides is 1. The summed E-state index contributed by atoms with van der Waals surface area (Å²) in [6.45, 7) is 3.12. The molecule has 2 rings (SSSR count). The lowest BCUT2D eigenvalue weighted by atomic mass is 10.3. The number of hydrogen-bond acceptors (Lipinski definition) is 6. The fraction of sp³-hybridized carbons (Fsp3) is 0.318. The summed E-state index contributed by atoms with van der Waals surface area (Å²) in [6.07, 6.45) is 0.786. The number of hydrogen-bond donors (Lipinski definition) is 2. The molecule has 0 heterocycles. The number of carbonyl (C=O) groups is 2. The molecule has 0 atom stereocenters. The third kappa shape index (κ3) is 9.38. The van der Waals surface area contributed by atoms with E-state index >= 15 is 0 Å². The van der Waals surface area contributed by atoms with Gasteiger partial charge in [0.1, 0.15) is 24.7 Å². The summed E-state index contributed by atoms with van der Waals surface area (Å²) in [4.78, 5) is 23.3. The van der Waals surface area contributed by atoms with Gasteiger partial charge in [-0.15, -0.1) is 0 Å². The predicted molar refractivity (Wildman–Crippen MR) is 119 cm³/mol. The van der Waals surface area contributed by atoms with Crippen LogP contribution in [0.5, 0.6) is 11.5 Å². The lowest BCUT2D eigenvalue weighted by Gasteiger charge is -2.11. The van der Waals surface area contributed by atoms with Gasteiger partial charge in [-0.25, -0.2) is 0 Å². The number of esters is 1. The maximum absolute atomic E-state index is 11.8. The van der Waals surface area contributed by atoms with Crippen molar-refractivity contribution in [1.82, 2.24) is 5.32 Å². The number of ether oxygens (including phenoxy) is 3. The molecule has 2 aromatic rings. The highest BCUT2D eigenvalue weighted by molar-refractivity contribution is 7.80. The van der Waals surface area contributed by atoms with Crippen molar-refractivity contribution in [2.24, 2.45) is 0 Å². The number of para-hydroxylation sites is 1. The van der Waals surface area contributed by atoms with Gasteiger partial charge in [-0.2, -0.15) is 0 Å². The molecule has 0 aliphatic carbocycles. The Morgan fingerprint density at radius 1 is 0.867 bits per heavy atom. The Balaban J connectivity index is 1.64. The number of thiocarbonyl (C=S) groups is 1. The molecular weight excluding hydrogens is 404 g/mol. The molecule has 7 nitrogen and oxygen atoms in total. The van der Waals surface area contributed by atoms with Gasteiger partial charge in [0.05, 0.1) is 13.0 Å². The summed E-state index contributed by atoms with van der Waals surface area (Å²) < 4.78 is 16.1. The summed E-state index contributed by atoms with van der Waals surface area (Å²) in [7, 11) is 0. The van der Waals surface area contributed by atoms with E-state index in [1.807, 2.05) is 37.3 Å². The molecule has 0 saturated carbocycles. The van der Waals surface area contributed by atoms with Gasteiger partial charge in [-0.3, -0.25) is 9.59 Å². The molecule has 0 spiro atoms. The monoisotopic (exact) mass is 430 g/mol. The minimum atomic E-state index is -0.393. The van der Waals surface area contributed by atoms with Crippen LogP contribution in [0, 0.1) is 0 Å². The molecule has 0 unspecified atom stereocenters. The number of benzene rings is 2. The Kier molecular flexibility index (Phi) is 10.2. The van der Waals surface area contributed by atoms with E-state index in [-0.39, 0.29) is 23.9 Å². The second-order valence-electron chi connectivity index (χ2n) is 6.26. The second kappa shape index (κ2) is 13.2. The van der Waals surface area contributed by atoms with Crippen molar-refractivity contribution >= 4 is 34.9 Å². The van der Waals surface area contributed by atoms with E-state index in [9.17, 15) is 9.59 Å². The first kappa shape index (κ1) is 23.2. The third-order valence-corrected chi connectivity index (χ3v) is 3.96. The predicted octanol–water partition coefficient (Wildman–Crippen LogP) is 3.69. The van der Waals surface area contributed by atoms with Crippen molar-refractivity contribution in [2.45, 2.75) is 26.2 Å². The molecule has 0 aromatic heterocycles. The van der Waals surface area contributed by atoms with Gasteiger partial charge < -0.3 is 24.8 Å². The first-order valence-corrected chi connectivity index (χ1v) is 10.1. The van der Waals surface area contributed by atoms with Crippen LogP contribution in [-0.4, -0.2) is 36.8 Å². The van der Waals surface area contributed by atoms with Crippen molar-refractivity contribution in [3.63, 3.8) is 0 Å². The van der Waals surface area contributed by atoms with E-state index in [2.05, 4.69) is 10.6 Å². The maximum atomic E-state index is 11.8. The number of anilines is 1. The zero-order valence-electron chi connectivity index (χ0n) is 16.9. The highest BCUT2D eigenvalue weighted by atomic mass is 32.1. The Labute approximate surface area is 181 Å². The summed E-state index contributed by atoms with van der Waals surface area (Å²) in [6, 6.07) is 16.7. The Morgan fingerprint density at radius 3 is 2.13 bits per heavy atom. The molecule has 0 radical (unpaired) electrons.